The molecular formula is C15H10Cl2N4O3. The molecule has 1 aromatic heterocycles. The van der Waals surface area contributed by atoms with Gasteiger partial charge in [-0.25, -0.2) is 0 Å². The van der Waals surface area contributed by atoms with Gasteiger partial charge < -0.3 is 16.0 Å². The van der Waals surface area contributed by atoms with E-state index in [0.29, 0.717) is 11.1 Å². The Morgan fingerprint density at radius 1 is 1.21 bits per heavy atom. The van der Waals surface area contributed by atoms with Crippen molar-refractivity contribution in [2.24, 2.45) is 0 Å². The van der Waals surface area contributed by atoms with Gasteiger partial charge in [-0.1, -0.05) is 35.3 Å². The van der Waals surface area contributed by atoms with Gasteiger partial charge in [-0.3, -0.25) is 14.9 Å². The second-order valence-corrected chi connectivity index (χ2v) is 5.80. The Kier molecular flexibility index (Phi) is 4.04. The number of nitro benzene ring substituents is 1. The van der Waals surface area contributed by atoms with E-state index in [-0.39, 0.29) is 32.6 Å². The molecule has 4 N–H and O–H groups in total. The number of nitro groups is 1. The fourth-order valence-electron chi connectivity index (χ4n) is 2.27. The Balaban J connectivity index is 1.95. The third-order valence-electron chi connectivity index (χ3n) is 3.41. The first kappa shape index (κ1) is 16.1. The Labute approximate surface area is 145 Å². The number of anilines is 2. The smallest absolute Gasteiger partial charge is 0.293 e. The van der Waals surface area contributed by atoms with E-state index in [1.165, 1.54) is 24.3 Å². The van der Waals surface area contributed by atoms with Crippen molar-refractivity contribution in [3.8, 4) is 0 Å². The molecule has 1 heterocycles. The largest absolute Gasteiger partial charge is 0.396 e. The molecule has 0 radical (unpaired) electrons. The molecule has 3 rings (SSSR count). The van der Waals surface area contributed by atoms with E-state index in [0.717, 1.165) is 0 Å². The van der Waals surface area contributed by atoms with Crippen molar-refractivity contribution in [3.63, 3.8) is 0 Å². The highest BCUT2D eigenvalue weighted by molar-refractivity contribution is 6.39. The van der Waals surface area contributed by atoms with Crippen LogP contribution in [0.2, 0.25) is 10.0 Å². The van der Waals surface area contributed by atoms with E-state index in [4.69, 9.17) is 28.9 Å². The van der Waals surface area contributed by atoms with Gasteiger partial charge in [0, 0.05) is 17.1 Å². The first-order chi connectivity index (χ1) is 11.4. The SMILES string of the molecule is Nc1c(Cl)cc(NC(=O)c2cc3cccc([N+](=O)[O-])c3[nH]2)cc1Cl. The molecule has 0 aliphatic heterocycles. The number of halogens is 2. The van der Waals surface area contributed by atoms with Crippen LogP contribution >= 0.6 is 23.2 Å². The number of carbonyl (C=O) groups excluding carboxylic acids is 1. The summed E-state index contributed by atoms with van der Waals surface area (Å²) in [7, 11) is 0. The van der Waals surface area contributed by atoms with Crippen LogP contribution in [-0.4, -0.2) is 15.8 Å². The van der Waals surface area contributed by atoms with Crippen LogP contribution in [-0.2, 0) is 0 Å². The number of nitrogens with zero attached hydrogens (tertiary/aromatic N) is 1. The summed E-state index contributed by atoms with van der Waals surface area (Å²) in [5, 5.41) is 14.6. The van der Waals surface area contributed by atoms with Crippen LogP contribution in [0, 0.1) is 10.1 Å². The Bertz CT molecular complexity index is 961. The van der Waals surface area contributed by atoms with E-state index >= 15 is 0 Å². The van der Waals surface area contributed by atoms with Crippen molar-refractivity contribution >= 4 is 57.1 Å². The number of aromatic nitrogens is 1. The number of amides is 1. The maximum Gasteiger partial charge on any atom is 0.293 e. The van der Waals surface area contributed by atoms with Gasteiger partial charge in [0.05, 0.1) is 20.7 Å². The molecule has 0 fully saturated rings. The number of non-ortho nitro benzene ring substituents is 1. The quantitative estimate of drug-likeness (QED) is 0.366. The summed E-state index contributed by atoms with van der Waals surface area (Å²) in [5.41, 5.74) is 6.56. The minimum absolute atomic E-state index is 0.106. The number of para-hydroxylation sites is 1. The Morgan fingerprint density at radius 3 is 2.50 bits per heavy atom. The molecule has 122 valence electrons. The highest BCUT2D eigenvalue weighted by atomic mass is 35.5. The molecule has 24 heavy (non-hydrogen) atoms. The third-order valence-corrected chi connectivity index (χ3v) is 4.04. The summed E-state index contributed by atoms with van der Waals surface area (Å²) in [6, 6.07) is 9.04. The van der Waals surface area contributed by atoms with Gasteiger partial charge in [-0.15, -0.1) is 0 Å². The zero-order valence-corrected chi connectivity index (χ0v) is 13.5. The van der Waals surface area contributed by atoms with Crippen LogP contribution in [0.1, 0.15) is 10.5 Å². The molecule has 0 aliphatic carbocycles. The molecule has 9 heteroatoms. The number of aromatic amines is 1. The molecule has 0 aliphatic rings. The molecule has 0 saturated carbocycles. The number of hydrogen-bond donors (Lipinski definition) is 3. The first-order valence-electron chi connectivity index (χ1n) is 6.69. The number of rotatable bonds is 3. The number of nitrogens with one attached hydrogen (secondary N) is 2. The zero-order chi connectivity index (χ0) is 17.4. The number of fused-ring (bicyclic) bond motifs is 1. The van der Waals surface area contributed by atoms with E-state index in [9.17, 15) is 14.9 Å². The summed E-state index contributed by atoms with van der Waals surface area (Å²) in [4.78, 5) is 25.6. The Hall–Kier alpha value is -2.77. The lowest BCUT2D eigenvalue weighted by atomic mass is 10.2. The number of nitrogen functional groups attached to an aromatic ring is 1. The van der Waals surface area contributed by atoms with Gasteiger partial charge >= 0.3 is 0 Å². The highest BCUT2D eigenvalue weighted by Gasteiger charge is 2.17. The molecule has 2 aromatic carbocycles. The minimum Gasteiger partial charge on any atom is -0.396 e. The van der Waals surface area contributed by atoms with Crippen LogP contribution < -0.4 is 11.1 Å². The lowest BCUT2D eigenvalue weighted by Crippen LogP contribution is -2.12. The van der Waals surface area contributed by atoms with Crippen molar-refractivity contribution in [1.29, 1.82) is 0 Å². The van der Waals surface area contributed by atoms with Crippen molar-refractivity contribution in [2.75, 3.05) is 11.1 Å². The van der Waals surface area contributed by atoms with Gasteiger partial charge in [0.15, 0.2) is 0 Å². The third kappa shape index (κ3) is 2.86. The van der Waals surface area contributed by atoms with Crippen molar-refractivity contribution in [3.05, 3.63) is 62.3 Å². The van der Waals surface area contributed by atoms with E-state index in [2.05, 4.69) is 10.3 Å². The molecule has 0 spiro atoms. The molecule has 0 atom stereocenters. The average Bonchev–Trinajstić information content (AvgIpc) is 2.96. The van der Waals surface area contributed by atoms with Gasteiger partial charge in [-0.2, -0.15) is 0 Å². The fraction of sp³-hybridized carbons (Fsp3) is 0. The van der Waals surface area contributed by atoms with E-state index < -0.39 is 10.8 Å². The number of nitrogens with two attached hydrogens (primary N) is 1. The average molecular weight is 365 g/mol. The van der Waals surface area contributed by atoms with E-state index in [1.807, 2.05) is 0 Å². The van der Waals surface area contributed by atoms with Crippen LogP contribution in [0.15, 0.2) is 36.4 Å². The zero-order valence-electron chi connectivity index (χ0n) is 12.0. The highest BCUT2D eigenvalue weighted by Crippen LogP contribution is 2.31. The molecule has 1 amide bonds. The van der Waals surface area contributed by atoms with Gasteiger partial charge in [0.2, 0.25) is 0 Å². The normalized spacial score (nSPS) is 10.8. The van der Waals surface area contributed by atoms with Crippen molar-refractivity contribution in [2.45, 2.75) is 0 Å². The van der Waals surface area contributed by atoms with Gasteiger partial charge in [0.1, 0.15) is 11.2 Å². The van der Waals surface area contributed by atoms with Gasteiger partial charge in [0.25, 0.3) is 11.6 Å². The minimum atomic E-state index is -0.514. The van der Waals surface area contributed by atoms with Crippen LogP contribution in [0.25, 0.3) is 10.9 Å². The molecule has 3 aromatic rings. The van der Waals surface area contributed by atoms with Gasteiger partial charge in [-0.05, 0) is 18.2 Å². The predicted octanol–water partition coefficient (Wildman–Crippen LogP) is 4.22. The number of hydrogen-bond acceptors (Lipinski definition) is 4. The molecule has 0 bridgehead atoms. The molecule has 7 nitrogen and oxygen atoms in total. The predicted molar refractivity (Wildman–Crippen MR) is 93.8 cm³/mol. The summed E-state index contributed by atoms with van der Waals surface area (Å²) in [5.74, 6) is -0.489. The number of benzene rings is 2. The topological polar surface area (TPSA) is 114 Å². The second kappa shape index (κ2) is 6.03. The molecular weight excluding hydrogens is 355 g/mol. The number of carbonyl (C=O) groups is 1. The fourth-order valence-corrected chi connectivity index (χ4v) is 2.76. The summed E-state index contributed by atoms with van der Waals surface area (Å²) in [6.07, 6.45) is 0. The second-order valence-electron chi connectivity index (χ2n) is 4.99. The van der Waals surface area contributed by atoms with Crippen LogP contribution in [0.3, 0.4) is 0 Å². The van der Waals surface area contributed by atoms with Crippen LogP contribution in [0.5, 0.6) is 0 Å². The van der Waals surface area contributed by atoms with E-state index in [1.54, 1.807) is 12.1 Å². The van der Waals surface area contributed by atoms with Crippen molar-refractivity contribution in [1.82, 2.24) is 4.98 Å². The maximum absolute atomic E-state index is 12.3. The lowest BCUT2D eigenvalue weighted by Gasteiger charge is -2.07. The summed E-state index contributed by atoms with van der Waals surface area (Å²) >= 11 is 11.8. The lowest BCUT2D eigenvalue weighted by molar-refractivity contribution is -0.383. The van der Waals surface area contributed by atoms with Crippen molar-refractivity contribution < 1.29 is 9.72 Å². The number of H-pyrrole nitrogens is 1. The monoisotopic (exact) mass is 364 g/mol. The Morgan fingerprint density at radius 2 is 1.88 bits per heavy atom. The standard InChI is InChI=1S/C15H10Cl2N4O3/c16-9-5-8(6-10(17)13(9)18)19-15(22)11-4-7-2-1-3-12(21(23)24)14(7)20-11/h1-6,20H,18H2,(H,19,22). The maximum atomic E-state index is 12.3. The first-order valence-corrected chi connectivity index (χ1v) is 7.44. The summed E-state index contributed by atoms with van der Waals surface area (Å²) in [6.45, 7) is 0. The molecule has 0 unspecified atom stereocenters. The summed E-state index contributed by atoms with van der Waals surface area (Å²) < 4.78 is 0. The van der Waals surface area contributed by atoms with Crippen LogP contribution in [0.4, 0.5) is 17.1 Å². The molecule has 0 saturated heterocycles.